The maximum Gasteiger partial charge on any atom is 0.236 e. The molecule has 1 aliphatic heterocycles. The molecule has 0 aromatic rings. The lowest BCUT2D eigenvalue weighted by molar-refractivity contribution is -0.132. The zero-order valence-corrected chi connectivity index (χ0v) is 10.4. The molecular formula is C12H18N4O2. The molecule has 0 aromatic carbocycles. The summed E-state index contributed by atoms with van der Waals surface area (Å²) in [5, 5.41) is 26.5. The Kier molecular flexibility index (Phi) is 6.13. The van der Waals surface area contributed by atoms with Crippen LogP contribution in [0.4, 0.5) is 0 Å². The number of nitrogens with zero attached hydrogens (tertiary/aromatic N) is 4. The third-order valence-corrected chi connectivity index (χ3v) is 2.95. The van der Waals surface area contributed by atoms with Crippen molar-refractivity contribution < 1.29 is 9.90 Å². The van der Waals surface area contributed by atoms with E-state index in [9.17, 15) is 9.90 Å². The number of aliphatic hydroxyl groups is 1. The van der Waals surface area contributed by atoms with Gasteiger partial charge < -0.3 is 10.0 Å². The van der Waals surface area contributed by atoms with Crippen LogP contribution in [-0.4, -0.2) is 59.6 Å². The molecule has 98 valence electrons. The van der Waals surface area contributed by atoms with E-state index in [1.54, 1.807) is 4.90 Å². The van der Waals surface area contributed by atoms with Gasteiger partial charge in [0, 0.05) is 26.2 Å². The van der Waals surface area contributed by atoms with Gasteiger partial charge in [0.15, 0.2) is 0 Å². The van der Waals surface area contributed by atoms with Crippen molar-refractivity contribution in [2.75, 3.05) is 32.7 Å². The molecule has 6 heteroatoms. The summed E-state index contributed by atoms with van der Waals surface area (Å²) < 4.78 is 0. The van der Waals surface area contributed by atoms with Crippen molar-refractivity contribution in [1.82, 2.24) is 9.80 Å². The lowest BCUT2D eigenvalue weighted by atomic mass is 10.3. The highest BCUT2D eigenvalue weighted by atomic mass is 16.3. The van der Waals surface area contributed by atoms with E-state index in [4.69, 9.17) is 10.5 Å². The summed E-state index contributed by atoms with van der Waals surface area (Å²) in [5.41, 5.74) is 0. The topological polar surface area (TPSA) is 91.4 Å². The highest BCUT2D eigenvalue weighted by molar-refractivity contribution is 5.78. The van der Waals surface area contributed by atoms with Crippen LogP contribution in [0.5, 0.6) is 0 Å². The van der Waals surface area contributed by atoms with Crippen LogP contribution in [0.3, 0.4) is 0 Å². The van der Waals surface area contributed by atoms with Crippen LogP contribution in [0.15, 0.2) is 0 Å². The normalized spacial score (nSPS) is 19.2. The Bertz CT molecular complexity index is 340. The van der Waals surface area contributed by atoms with Gasteiger partial charge in [0.1, 0.15) is 0 Å². The van der Waals surface area contributed by atoms with Gasteiger partial charge in [-0.3, -0.25) is 9.69 Å². The molecule has 18 heavy (non-hydrogen) atoms. The van der Waals surface area contributed by atoms with E-state index >= 15 is 0 Å². The van der Waals surface area contributed by atoms with Crippen LogP contribution in [0, 0.1) is 22.7 Å². The maximum absolute atomic E-state index is 12.0. The van der Waals surface area contributed by atoms with Crippen LogP contribution in [0.25, 0.3) is 0 Å². The summed E-state index contributed by atoms with van der Waals surface area (Å²) in [6.07, 6.45) is 0.910. The van der Waals surface area contributed by atoms with Crippen molar-refractivity contribution in [3.8, 4) is 12.1 Å². The van der Waals surface area contributed by atoms with Crippen molar-refractivity contribution in [3.63, 3.8) is 0 Å². The third kappa shape index (κ3) is 4.70. The molecule has 1 atom stereocenters. The fraction of sp³-hybridized carbons (Fsp3) is 0.750. The SMILES string of the molecule is N#CCCN(CCC#N)C(=O)CN1CC[C@H](O)C1. The summed E-state index contributed by atoms with van der Waals surface area (Å²) >= 11 is 0. The molecule has 1 fully saturated rings. The molecule has 0 aromatic heterocycles. The van der Waals surface area contributed by atoms with E-state index in [1.165, 1.54) is 0 Å². The van der Waals surface area contributed by atoms with Gasteiger partial charge in [0.05, 0.1) is 37.6 Å². The van der Waals surface area contributed by atoms with Crippen molar-refractivity contribution in [3.05, 3.63) is 0 Å². The number of hydrogen-bond acceptors (Lipinski definition) is 5. The molecule has 6 nitrogen and oxygen atoms in total. The Balaban J connectivity index is 2.43. The monoisotopic (exact) mass is 250 g/mol. The quantitative estimate of drug-likeness (QED) is 0.699. The molecule has 1 heterocycles. The molecule has 1 aliphatic rings. The third-order valence-electron chi connectivity index (χ3n) is 2.95. The first kappa shape index (κ1) is 14.4. The van der Waals surface area contributed by atoms with E-state index < -0.39 is 0 Å². The first-order valence-electron chi connectivity index (χ1n) is 6.09. The fourth-order valence-corrected chi connectivity index (χ4v) is 1.98. The Morgan fingerprint density at radius 1 is 1.33 bits per heavy atom. The molecule has 1 amide bonds. The van der Waals surface area contributed by atoms with Crippen molar-refractivity contribution >= 4 is 5.91 Å². The van der Waals surface area contributed by atoms with Crippen LogP contribution >= 0.6 is 0 Å². The average Bonchev–Trinajstić information content (AvgIpc) is 2.75. The minimum atomic E-state index is -0.343. The number of β-amino-alcohol motifs (C(OH)–C–C–N with tert-alkyl or cyclic N) is 1. The van der Waals surface area contributed by atoms with Gasteiger partial charge in [-0.2, -0.15) is 10.5 Å². The second-order valence-corrected chi connectivity index (χ2v) is 4.37. The Morgan fingerprint density at radius 3 is 2.39 bits per heavy atom. The Labute approximate surface area is 107 Å². The van der Waals surface area contributed by atoms with Gasteiger partial charge in [-0.05, 0) is 6.42 Å². The van der Waals surface area contributed by atoms with Crippen molar-refractivity contribution in [2.24, 2.45) is 0 Å². The summed E-state index contributed by atoms with van der Waals surface area (Å²) in [4.78, 5) is 15.5. The van der Waals surface area contributed by atoms with E-state index in [0.717, 1.165) is 6.54 Å². The van der Waals surface area contributed by atoms with Crippen LogP contribution in [0.1, 0.15) is 19.3 Å². The number of nitriles is 2. The molecule has 0 spiro atoms. The number of amides is 1. The number of aliphatic hydroxyl groups excluding tert-OH is 1. The molecule has 0 bridgehead atoms. The van der Waals surface area contributed by atoms with E-state index in [-0.39, 0.29) is 31.4 Å². The zero-order chi connectivity index (χ0) is 13.4. The number of hydrogen-bond donors (Lipinski definition) is 1. The van der Waals surface area contributed by atoms with E-state index in [1.807, 2.05) is 17.0 Å². The predicted octanol–water partition coefficient (Wildman–Crippen LogP) is -0.291. The van der Waals surface area contributed by atoms with Gasteiger partial charge in [0.25, 0.3) is 0 Å². The fourth-order valence-electron chi connectivity index (χ4n) is 1.98. The highest BCUT2D eigenvalue weighted by Crippen LogP contribution is 2.09. The number of rotatable bonds is 6. The van der Waals surface area contributed by atoms with Crippen molar-refractivity contribution in [1.29, 1.82) is 10.5 Å². The standard InChI is InChI=1S/C12H18N4O2/c13-4-1-6-16(7-2-5-14)12(18)10-15-8-3-11(17)9-15/h11,17H,1-3,6-10H2/t11-/m0/s1. The minimum Gasteiger partial charge on any atom is -0.392 e. The van der Waals surface area contributed by atoms with Gasteiger partial charge in [-0.15, -0.1) is 0 Å². The second kappa shape index (κ2) is 7.65. The van der Waals surface area contributed by atoms with Crippen LogP contribution in [0.2, 0.25) is 0 Å². The minimum absolute atomic E-state index is 0.0744. The Hall–Kier alpha value is -1.63. The summed E-state index contributed by atoms with van der Waals surface area (Å²) in [5.74, 6) is -0.0744. The van der Waals surface area contributed by atoms with Gasteiger partial charge in [-0.25, -0.2) is 0 Å². The molecule has 0 aliphatic carbocycles. The first-order valence-corrected chi connectivity index (χ1v) is 6.09. The van der Waals surface area contributed by atoms with E-state index in [2.05, 4.69) is 0 Å². The summed E-state index contributed by atoms with van der Waals surface area (Å²) in [7, 11) is 0. The number of carbonyl (C=O) groups is 1. The molecule has 1 N–H and O–H groups in total. The van der Waals surface area contributed by atoms with Gasteiger partial charge in [-0.1, -0.05) is 0 Å². The highest BCUT2D eigenvalue weighted by Gasteiger charge is 2.24. The number of likely N-dealkylation sites (tertiary alicyclic amines) is 1. The molecule has 1 rings (SSSR count). The summed E-state index contributed by atoms with van der Waals surface area (Å²) in [6, 6.07) is 4.00. The lowest BCUT2D eigenvalue weighted by Crippen LogP contribution is -2.40. The average molecular weight is 250 g/mol. The van der Waals surface area contributed by atoms with Crippen LogP contribution in [-0.2, 0) is 4.79 Å². The molecular weight excluding hydrogens is 232 g/mol. The first-order chi connectivity index (χ1) is 8.67. The smallest absolute Gasteiger partial charge is 0.236 e. The Morgan fingerprint density at radius 2 is 1.94 bits per heavy atom. The summed E-state index contributed by atoms with van der Waals surface area (Å²) in [6.45, 7) is 2.24. The van der Waals surface area contributed by atoms with Gasteiger partial charge in [0.2, 0.25) is 5.91 Å². The van der Waals surface area contributed by atoms with E-state index in [0.29, 0.717) is 26.1 Å². The number of carbonyl (C=O) groups excluding carboxylic acids is 1. The zero-order valence-electron chi connectivity index (χ0n) is 10.4. The predicted molar refractivity (Wildman–Crippen MR) is 64.1 cm³/mol. The van der Waals surface area contributed by atoms with Crippen molar-refractivity contribution in [2.45, 2.75) is 25.4 Å². The maximum atomic E-state index is 12.0. The molecule has 0 saturated carbocycles. The lowest BCUT2D eigenvalue weighted by Gasteiger charge is -2.23. The van der Waals surface area contributed by atoms with Gasteiger partial charge >= 0.3 is 0 Å². The van der Waals surface area contributed by atoms with Crippen LogP contribution < -0.4 is 0 Å². The molecule has 0 unspecified atom stereocenters. The molecule has 1 saturated heterocycles. The molecule has 0 radical (unpaired) electrons. The largest absolute Gasteiger partial charge is 0.392 e. The second-order valence-electron chi connectivity index (χ2n) is 4.37.